The largest absolute Gasteiger partial charge is 0.344 e. The predicted molar refractivity (Wildman–Crippen MR) is 107 cm³/mol. The van der Waals surface area contributed by atoms with Crippen molar-refractivity contribution >= 4 is 17.5 Å². The molecular formula is C23H23N3O2. The van der Waals surface area contributed by atoms with Crippen molar-refractivity contribution in [2.45, 2.75) is 39.0 Å². The van der Waals surface area contributed by atoms with Crippen molar-refractivity contribution in [3.63, 3.8) is 0 Å². The molecule has 1 aromatic carbocycles. The molecule has 0 fully saturated rings. The Morgan fingerprint density at radius 2 is 1.93 bits per heavy atom. The molecule has 0 N–H and O–H groups in total. The molecule has 0 saturated carbocycles. The number of hydrogen-bond acceptors (Lipinski definition) is 4. The summed E-state index contributed by atoms with van der Waals surface area (Å²) in [6.45, 7) is 7.02. The second kappa shape index (κ2) is 6.20. The highest BCUT2D eigenvalue weighted by Crippen LogP contribution is 2.51. The van der Waals surface area contributed by atoms with Crippen LogP contribution in [0.25, 0.3) is 0 Å². The van der Waals surface area contributed by atoms with Gasteiger partial charge in [-0.3, -0.25) is 14.5 Å². The van der Waals surface area contributed by atoms with Gasteiger partial charge < -0.3 is 4.90 Å². The summed E-state index contributed by atoms with van der Waals surface area (Å²) in [5.41, 5.74) is 5.81. The van der Waals surface area contributed by atoms with Crippen LogP contribution >= 0.6 is 0 Å². The van der Waals surface area contributed by atoms with Gasteiger partial charge >= 0.3 is 0 Å². The van der Waals surface area contributed by atoms with Crippen LogP contribution in [0.5, 0.6) is 0 Å². The molecule has 1 aromatic rings. The summed E-state index contributed by atoms with van der Waals surface area (Å²) >= 11 is 0. The number of imide groups is 1. The van der Waals surface area contributed by atoms with Crippen molar-refractivity contribution < 1.29 is 9.59 Å². The van der Waals surface area contributed by atoms with Crippen molar-refractivity contribution in [1.29, 1.82) is 5.26 Å². The monoisotopic (exact) mass is 373 g/mol. The minimum absolute atomic E-state index is 0.0287. The lowest BCUT2D eigenvalue weighted by molar-refractivity contribution is -0.138. The highest BCUT2D eigenvalue weighted by atomic mass is 16.2. The van der Waals surface area contributed by atoms with Gasteiger partial charge in [0.2, 0.25) is 0 Å². The van der Waals surface area contributed by atoms with Gasteiger partial charge in [-0.15, -0.1) is 0 Å². The molecule has 3 aliphatic heterocycles. The molecule has 0 aliphatic carbocycles. The van der Waals surface area contributed by atoms with Gasteiger partial charge in [-0.05, 0) is 48.6 Å². The number of benzene rings is 1. The number of nitriles is 1. The van der Waals surface area contributed by atoms with Crippen LogP contribution in [0.2, 0.25) is 0 Å². The fourth-order valence-electron chi connectivity index (χ4n) is 4.56. The zero-order valence-corrected chi connectivity index (χ0v) is 16.7. The average molecular weight is 373 g/mol. The number of hydrogen-bond donors (Lipinski definition) is 0. The van der Waals surface area contributed by atoms with Crippen molar-refractivity contribution in [2.75, 3.05) is 18.5 Å². The van der Waals surface area contributed by atoms with Crippen LogP contribution in [-0.4, -0.2) is 30.3 Å². The van der Waals surface area contributed by atoms with Crippen molar-refractivity contribution in [2.24, 2.45) is 0 Å². The molecule has 2 amide bonds. The second-order valence-electron chi connectivity index (χ2n) is 8.11. The van der Waals surface area contributed by atoms with Crippen LogP contribution < -0.4 is 4.90 Å². The molecule has 0 saturated heterocycles. The molecule has 0 aromatic heterocycles. The molecule has 142 valence electrons. The summed E-state index contributed by atoms with van der Waals surface area (Å²) < 4.78 is 0. The van der Waals surface area contributed by atoms with Gasteiger partial charge in [-0.1, -0.05) is 32.0 Å². The molecule has 0 radical (unpaired) electrons. The number of carbonyl (C=O) groups excluding carboxylic acids is 2. The van der Waals surface area contributed by atoms with E-state index in [-0.39, 0.29) is 16.9 Å². The van der Waals surface area contributed by atoms with E-state index < -0.39 is 5.91 Å². The lowest BCUT2D eigenvalue weighted by Crippen LogP contribution is -2.39. The summed E-state index contributed by atoms with van der Waals surface area (Å²) in [6.07, 6.45) is 5.94. The topological polar surface area (TPSA) is 64.4 Å². The molecule has 3 heterocycles. The fraction of sp³-hybridized carbons (Fsp3) is 0.348. The van der Waals surface area contributed by atoms with E-state index >= 15 is 0 Å². The minimum atomic E-state index is -0.538. The number of allylic oxidation sites excluding steroid dienone is 3. The SMILES string of the molecule is CC1=C(C#N)C(=O)N(C)C(=O)/C1=C/C=C1\N2CCCc3cccc(c32)C1(C)C. The first-order chi connectivity index (χ1) is 13.3. The quantitative estimate of drug-likeness (QED) is 0.559. The summed E-state index contributed by atoms with van der Waals surface area (Å²) in [6, 6.07) is 8.44. The molecule has 0 atom stereocenters. The van der Waals surface area contributed by atoms with Gasteiger partial charge in [0.05, 0.1) is 0 Å². The number of aryl methyl sites for hydroxylation is 1. The van der Waals surface area contributed by atoms with Crippen LogP contribution in [0.1, 0.15) is 38.3 Å². The molecule has 0 spiro atoms. The van der Waals surface area contributed by atoms with Crippen molar-refractivity contribution in [1.82, 2.24) is 4.90 Å². The van der Waals surface area contributed by atoms with E-state index in [0.29, 0.717) is 11.1 Å². The lowest BCUT2D eigenvalue weighted by Gasteiger charge is -2.30. The average Bonchev–Trinajstić information content (AvgIpc) is 2.90. The third-order valence-electron chi connectivity index (χ3n) is 6.17. The molecule has 4 rings (SSSR count). The zero-order valence-electron chi connectivity index (χ0n) is 16.7. The first-order valence-corrected chi connectivity index (χ1v) is 9.55. The van der Waals surface area contributed by atoms with Crippen LogP contribution in [0.3, 0.4) is 0 Å². The first-order valence-electron chi connectivity index (χ1n) is 9.55. The number of amides is 2. The molecule has 28 heavy (non-hydrogen) atoms. The summed E-state index contributed by atoms with van der Waals surface area (Å²) in [5.74, 6) is -0.907. The number of para-hydroxylation sites is 1. The predicted octanol–water partition coefficient (Wildman–Crippen LogP) is 3.38. The van der Waals surface area contributed by atoms with Gasteiger partial charge in [0.15, 0.2) is 0 Å². The van der Waals surface area contributed by atoms with Crippen LogP contribution in [0.15, 0.2) is 52.8 Å². The molecule has 5 heteroatoms. The summed E-state index contributed by atoms with van der Waals surface area (Å²) in [4.78, 5) is 28.2. The Kier molecular flexibility index (Phi) is 4.04. The molecule has 5 nitrogen and oxygen atoms in total. The fourth-order valence-corrected chi connectivity index (χ4v) is 4.56. The molecular weight excluding hydrogens is 350 g/mol. The Balaban J connectivity index is 1.85. The maximum absolute atomic E-state index is 12.7. The molecule has 0 unspecified atom stereocenters. The number of anilines is 1. The Bertz CT molecular complexity index is 1050. The summed E-state index contributed by atoms with van der Waals surface area (Å²) in [7, 11) is 1.42. The third-order valence-corrected chi connectivity index (χ3v) is 6.17. The van der Waals surface area contributed by atoms with E-state index in [9.17, 15) is 14.9 Å². The number of carbonyl (C=O) groups is 2. The normalized spacial score (nSPS) is 23.5. The number of likely N-dealkylation sites (N-methyl/N-ethyl adjacent to an activating group) is 1. The Morgan fingerprint density at radius 3 is 2.64 bits per heavy atom. The second-order valence-corrected chi connectivity index (χ2v) is 8.11. The van der Waals surface area contributed by atoms with Crippen molar-refractivity contribution in [3.05, 3.63) is 63.9 Å². The third kappa shape index (κ3) is 2.37. The smallest absolute Gasteiger partial charge is 0.271 e. The van der Waals surface area contributed by atoms with Gasteiger partial charge in [-0.2, -0.15) is 5.26 Å². The van der Waals surface area contributed by atoms with E-state index in [4.69, 9.17) is 0 Å². The van der Waals surface area contributed by atoms with E-state index in [0.717, 1.165) is 30.0 Å². The minimum Gasteiger partial charge on any atom is -0.344 e. The Morgan fingerprint density at radius 1 is 1.18 bits per heavy atom. The number of nitrogens with zero attached hydrogens (tertiary/aromatic N) is 3. The zero-order chi connectivity index (χ0) is 20.2. The van der Waals surface area contributed by atoms with Crippen LogP contribution in [-0.2, 0) is 21.4 Å². The van der Waals surface area contributed by atoms with E-state index in [2.05, 4.69) is 36.9 Å². The lowest BCUT2D eigenvalue weighted by atomic mass is 9.83. The highest BCUT2D eigenvalue weighted by molar-refractivity contribution is 6.17. The Labute approximate surface area is 165 Å². The number of rotatable bonds is 1. The van der Waals surface area contributed by atoms with Gasteiger partial charge in [-0.25, -0.2) is 0 Å². The van der Waals surface area contributed by atoms with Crippen LogP contribution in [0, 0.1) is 11.3 Å². The molecule has 3 aliphatic rings. The van der Waals surface area contributed by atoms with E-state index in [1.165, 1.54) is 23.9 Å². The summed E-state index contributed by atoms with van der Waals surface area (Å²) in [5, 5.41) is 9.34. The maximum atomic E-state index is 12.7. The van der Waals surface area contributed by atoms with Gasteiger partial charge in [0.1, 0.15) is 11.6 Å². The van der Waals surface area contributed by atoms with E-state index in [1.807, 2.05) is 12.1 Å². The Hall–Kier alpha value is -3.13. The van der Waals surface area contributed by atoms with Crippen LogP contribution in [0.4, 0.5) is 5.69 Å². The van der Waals surface area contributed by atoms with Gasteiger partial charge in [0, 0.05) is 36.0 Å². The van der Waals surface area contributed by atoms with Crippen molar-refractivity contribution in [3.8, 4) is 6.07 Å². The standard InChI is InChI=1S/C23H23N3O2/c1-14-16(21(27)25(4)22(28)17(14)13-24)10-11-19-23(2,3)18-9-5-7-15-8-6-12-26(19)20(15)18/h5,7,9-11H,6,8,12H2,1-4H3/b16-10+,19-11-. The van der Waals surface area contributed by atoms with Gasteiger partial charge in [0.25, 0.3) is 11.8 Å². The highest BCUT2D eigenvalue weighted by Gasteiger charge is 2.42. The first kappa shape index (κ1) is 18.2. The molecule has 0 bridgehead atoms. The maximum Gasteiger partial charge on any atom is 0.271 e. The van der Waals surface area contributed by atoms with E-state index in [1.54, 1.807) is 13.0 Å².